The summed E-state index contributed by atoms with van der Waals surface area (Å²) in [6, 6.07) is 5.60. The summed E-state index contributed by atoms with van der Waals surface area (Å²) >= 11 is 0. The maximum Gasteiger partial charge on any atom is 0.162 e. The third kappa shape index (κ3) is 3.37. The van der Waals surface area contributed by atoms with Crippen molar-refractivity contribution in [3.8, 4) is 11.5 Å². The molecule has 1 aliphatic heterocycles. The molecule has 1 saturated heterocycles. The van der Waals surface area contributed by atoms with Crippen molar-refractivity contribution in [1.82, 2.24) is 5.32 Å². The smallest absolute Gasteiger partial charge is 0.162 e. The van der Waals surface area contributed by atoms with Crippen LogP contribution < -0.4 is 10.1 Å². The zero-order chi connectivity index (χ0) is 12.8. The van der Waals surface area contributed by atoms with E-state index >= 15 is 0 Å². The zero-order valence-electron chi connectivity index (χ0n) is 10.8. The fraction of sp³-hybridized carbons (Fsp3) is 0.571. The number of rotatable bonds is 6. The fourth-order valence-electron chi connectivity index (χ4n) is 2.14. The average Bonchev–Trinajstić information content (AvgIpc) is 2.87. The van der Waals surface area contributed by atoms with E-state index in [4.69, 9.17) is 9.47 Å². The molecule has 4 nitrogen and oxygen atoms in total. The summed E-state index contributed by atoms with van der Waals surface area (Å²) in [6.45, 7) is 5.77. The third-order valence-electron chi connectivity index (χ3n) is 3.15. The molecule has 1 atom stereocenters. The van der Waals surface area contributed by atoms with Crippen molar-refractivity contribution in [3.63, 3.8) is 0 Å². The van der Waals surface area contributed by atoms with E-state index in [2.05, 4.69) is 5.32 Å². The van der Waals surface area contributed by atoms with E-state index in [1.165, 1.54) is 0 Å². The molecule has 100 valence electrons. The van der Waals surface area contributed by atoms with Crippen molar-refractivity contribution in [2.24, 2.45) is 5.92 Å². The number of phenolic OH excluding ortho intramolecular Hbond substituents is 1. The van der Waals surface area contributed by atoms with Gasteiger partial charge >= 0.3 is 0 Å². The number of ether oxygens (including phenoxy) is 2. The van der Waals surface area contributed by atoms with Crippen LogP contribution in [0.3, 0.4) is 0 Å². The van der Waals surface area contributed by atoms with Crippen LogP contribution in [0.5, 0.6) is 11.5 Å². The normalized spacial score (nSPS) is 19.1. The molecular formula is C14H21NO3. The van der Waals surface area contributed by atoms with E-state index < -0.39 is 0 Å². The van der Waals surface area contributed by atoms with Crippen LogP contribution in [0, 0.1) is 5.92 Å². The minimum atomic E-state index is 0.245. The van der Waals surface area contributed by atoms with Gasteiger partial charge in [0.15, 0.2) is 11.5 Å². The molecule has 4 heteroatoms. The van der Waals surface area contributed by atoms with Gasteiger partial charge in [-0.25, -0.2) is 0 Å². The second kappa shape index (κ2) is 6.61. The summed E-state index contributed by atoms with van der Waals surface area (Å²) in [6.07, 6.45) is 1.12. The summed E-state index contributed by atoms with van der Waals surface area (Å²) in [4.78, 5) is 0. The standard InChI is InChI=1S/C14H21NO3/c1-2-18-13-5-3-4-12(14(13)16)9-15-8-11-6-7-17-10-11/h3-5,11,15-16H,2,6-10H2,1H3. The van der Waals surface area contributed by atoms with Gasteiger partial charge in [0.25, 0.3) is 0 Å². The molecule has 2 rings (SSSR count). The largest absolute Gasteiger partial charge is 0.504 e. The van der Waals surface area contributed by atoms with Crippen molar-refractivity contribution in [1.29, 1.82) is 0 Å². The summed E-state index contributed by atoms with van der Waals surface area (Å²) in [5.41, 5.74) is 0.875. The van der Waals surface area contributed by atoms with Gasteiger partial charge in [-0.1, -0.05) is 12.1 Å². The molecule has 0 spiro atoms. The quantitative estimate of drug-likeness (QED) is 0.811. The number of benzene rings is 1. The van der Waals surface area contributed by atoms with Crippen LogP contribution in [0.1, 0.15) is 18.9 Å². The molecule has 1 aromatic carbocycles. The Morgan fingerprint density at radius 1 is 1.50 bits per heavy atom. The Morgan fingerprint density at radius 3 is 3.11 bits per heavy atom. The van der Waals surface area contributed by atoms with Crippen LogP contribution in [0.15, 0.2) is 18.2 Å². The maximum atomic E-state index is 10.0. The monoisotopic (exact) mass is 251 g/mol. The van der Waals surface area contributed by atoms with Gasteiger partial charge in [0, 0.05) is 25.3 Å². The van der Waals surface area contributed by atoms with Gasteiger partial charge in [0.05, 0.1) is 13.2 Å². The van der Waals surface area contributed by atoms with Crippen molar-refractivity contribution in [2.45, 2.75) is 19.9 Å². The predicted octanol–water partition coefficient (Wildman–Crippen LogP) is 1.92. The Bertz CT molecular complexity index is 375. The highest BCUT2D eigenvalue weighted by Gasteiger charge is 2.15. The number of nitrogens with one attached hydrogen (secondary N) is 1. The second-order valence-corrected chi connectivity index (χ2v) is 4.56. The molecule has 0 bridgehead atoms. The first-order valence-electron chi connectivity index (χ1n) is 6.53. The van der Waals surface area contributed by atoms with Crippen LogP contribution in [0.4, 0.5) is 0 Å². The number of aromatic hydroxyl groups is 1. The number of hydrogen-bond acceptors (Lipinski definition) is 4. The van der Waals surface area contributed by atoms with Gasteiger partial charge < -0.3 is 19.9 Å². The van der Waals surface area contributed by atoms with Crippen LogP contribution in [0.2, 0.25) is 0 Å². The second-order valence-electron chi connectivity index (χ2n) is 4.56. The maximum absolute atomic E-state index is 10.0. The summed E-state index contributed by atoms with van der Waals surface area (Å²) in [7, 11) is 0. The van der Waals surface area contributed by atoms with Crippen LogP contribution >= 0.6 is 0 Å². The number of para-hydroxylation sites is 1. The Labute approximate surface area is 108 Å². The van der Waals surface area contributed by atoms with Gasteiger partial charge in [0.2, 0.25) is 0 Å². The molecule has 0 saturated carbocycles. The molecule has 1 aliphatic rings. The summed E-state index contributed by atoms with van der Waals surface area (Å²) in [5, 5.41) is 13.4. The molecule has 1 aromatic rings. The molecule has 1 heterocycles. The van der Waals surface area contributed by atoms with Crippen LogP contribution in [-0.2, 0) is 11.3 Å². The van der Waals surface area contributed by atoms with E-state index in [0.29, 0.717) is 24.8 Å². The fourth-order valence-corrected chi connectivity index (χ4v) is 2.14. The molecule has 0 radical (unpaired) electrons. The Balaban J connectivity index is 1.86. The molecular weight excluding hydrogens is 230 g/mol. The lowest BCUT2D eigenvalue weighted by Gasteiger charge is -2.12. The minimum absolute atomic E-state index is 0.245. The molecule has 18 heavy (non-hydrogen) atoms. The molecule has 1 fully saturated rings. The lowest BCUT2D eigenvalue weighted by molar-refractivity contribution is 0.185. The lowest BCUT2D eigenvalue weighted by atomic mass is 10.1. The van der Waals surface area contributed by atoms with Crippen molar-refractivity contribution in [3.05, 3.63) is 23.8 Å². The highest BCUT2D eigenvalue weighted by Crippen LogP contribution is 2.29. The van der Waals surface area contributed by atoms with Crippen LogP contribution in [-0.4, -0.2) is 31.5 Å². The first-order chi connectivity index (χ1) is 8.81. The average molecular weight is 251 g/mol. The van der Waals surface area contributed by atoms with Gasteiger partial charge in [-0.3, -0.25) is 0 Å². The number of hydrogen-bond donors (Lipinski definition) is 2. The van der Waals surface area contributed by atoms with Gasteiger partial charge in [0.1, 0.15) is 0 Å². The number of phenols is 1. The highest BCUT2D eigenvalue weighted by atomic mass is 16.5. The van der Waals surface area contributed by atoms with E-state index in [1.54, 1.807) is 6.07 Å². The summed E-state index contributed by atoms with van der Waals surface area (Å²) in [5.74, 6) is 1.40. The SMILES string of the molecule is CCOc1cccc(CNCC2CCOC2)c1O. The lowest BCUT2D eigenvalue weighted by Crippen LogP contribution is -2.22. The van der Waals surface area contributed by atoms with E-state index in [-0.39, 0.29) is 5.75 Å². The Morgan fingerprint density at radius 2 is 2.39 bits per heavy atom. The third-order valence-corrected chi connectivity index (χ3v) is 3.15. The molecule has 2 N–H and O–H groups in total. The molecule has 0 aromatic heterocycles. The molecule has 0 aliphatic carbocycles. The van der Waals surface area contributed by atoms with E-state index in [9.17, 15) is 5.11 Å². The summed E-state index contributed by atoms with van der Waals surface area (Å²) < 4.78 is 10.7. The van der Waals surface area contributed by atoms with Crippen molar-refractivity contribution >= 4 is 0 Å². The van der Waals surface area contributed by atoms with E-state index in [0.717, 1.165) is 31.7 Å². The predicted molar refractivity (Wildman–Crippen MR) is 69.9 cm³/mol. The Hall–Kier alpha value is -1.26. The zero-order valence-corrected chi connectivity index (χ0v) is 10.8. The highest BCUT2D eigenvalue weighted by molar-refractivity contribution is 5.45. The Kier molecular flexibility index (Phi) is 4.84. The van der Waals surface area contributed by atoms with E-state index in [1.807, 2.05) is 19.1 Å². The first kappa shape index (κ1) is 13.2. The first-order valence-corrected chi connectivity index (χ1v) is 6.53. The topological polar surface area (TPSA) is 50.7 Å². The van der Waals surface area contributed by atoms with Crippen molar-refractivity contribution in [2.75, 3.05) is 26.4 Å². The van der Waals surface area contributed by atoms with Gasteiger partial charge in [-0.15, -0.1) is 0 Å². The van der Waals surface area contributed by atoms with Crippen molar-refractivity contribution < 1.29 is 14.6 Å². The molecule has 1 unspecified atom stereocenters. The molecule has 0 amide bonds. The van der Waals surface area contributed by atoms with Gasteiger partial charge in [-0.05, 0) is 25.3 Å². The minimum Gasteiger partial charge on any atom is -0.504 e. The van der Waals surface area contributed by atoms with Gasteiger partial charge in [-0.2, -0.15) is 0 Å². The van der Waals surface area contributed by atoms with Crippen LogP contribution in [0.25, 0.3) is 0 Å².